The number of methoxy groups -OCH3 is 1. The summed E-state index contributed by atoms with van der Waals surface area (Å²) in [5.41, 5.74) is 7.80. The molecule has 0 atom stereocenters. The summed E-state index contributed by atoms with van der Waals surface area (Å²) < 4.78 is 5.15. The van der Waals surface area contributed by atoms with Crippen LogP contribution in [0.2, 0.25) is 0 Å². The lowest BCUT2D eigenvalue weighted by Crippen LogP contribution is -2.30. The molecule has 2 aromatic rings. The molecule has 20 heavy (non-hydrogen) atoms. The van der Waals surface area contributed by atoms with Crippen LogP contribution in [0.4, 0.5) is 11.4 Å². The fourth-order valence-corrected chi connectivity index (χ4v) is 2.05. The molecule has 2 N–H and O–H groups in total. The maximum absolute atomic E-state index is 12.6. The first-order valence-corrected chi connectivity index (χ1v) is 6.47. The smallest absolute Gasteiger partial charge is 0.258 e. The van der Waals surface area contributed by atoms with Crippen LogP contribution < -0.4 is 15.4 Å². The average molecular weight is 270 g/mol. The van der Waals surface area contributed by atoms with Gasteiger partial charge in [-0.25, -0.2) is 0 Å². The number of carbonyl (C=O) groups is 1. The molecule has 2 aromatic carbocycles. The number of nitrogens with zero attached hydrogens (tertiary/aromatic N) is 1. The summed E-state index contributed by atoms with van der Waals surface area (Å²) in [6.07, 6.45) is 0. The van der Waals surface area contributed by atoms with Crippen LogP contribution in [-0.2, 0) is 0 Å². The highest BCUT2D eigenvalue weighted by atomic mass is 16.5. The van der Waals surface area contributed by atoms with Crippen LogP contribution in [0.5, 0.6) is 5.75 Å². The highest BCUT2D eigenvalue weighted by molar-refractivity contribution is 6.06. The van der Waals surface area contributed by atoms with E-state index in [2.05, 4.69) is 0 Å². The lowest BCUT2D eigenvalue weighted by Gasteiger charge is -2.21. The molecule has 4 heteroatoms. The molecule has 0 fully saturated rings. The van der Waals surface area contributed by atoms with Gasteiger partial charge in [0.2, 0.25) is 0 Å². The van der Waals surface area contributed by atoms with Crippen molar-refractivity contribution in [1.82, 2.24) is 0 Å². The van der Waals surface area contributed by atoms with E-state index in [4.69, 9.17) is 10.5 Å². The Hall–Kier alpha value is -2.49. The van der Waals surface area contributed by atoms with Gasteiger partial charge >= 0.3 is 0 Å². The van der Waals surface area contributed by atoms with Gasteiger partial charge in [0.05, 0.1) is 7.11 Å². The van der Waals surface area contributed by atoms with Crippen molar-refractivity contribution in [3.05, 3.63) is 54.1 Å². The van der Waals surface area contributed by atoms with Crippen LogP contribution in [0.3, 0.4) is 0 Å². The highest BCUT2D eigenvalue weighted by Crippen LogP contribution is 2.21. The summed E-state index contributed by atoms with van der Waals surface area (Å²) >= 11 is 0. The molecule has 0 spiro atoms. The Morgan fingerprint density at radius 3 is 2.60 bits per heavy atom. The van der Waals surface area contributed by atoms with Crippen LogP contribution in [0.25, 0.3) is 0 Å². The van der Waals surface area contributed by atoms with Gasteiger partial charge in [-0.2, -0.15) is 0 Å². The number of amides is 1. The van der Waals surface area contributed by atoms with Crippen molar-refractivity contribution < 1.29 is 9.53 Å². The molecule has 0 aliphatic rings. The first-order chi connectivity index (χ1) is 9.65. The monoisotopic (exact) mass is 270 g/mol. The summed E-state index contributed by atoms with van der Waals surface area (Å²) in [4.78, 5) is 14.3. The Morgan fingerprint density at radius 2 is 1.95 bits per heavy atom. The maximum Gasteiger partial charge on any atom is 0.258 e. The van der Waals surface area contributed by atoms with E-state index in [9.17, 15) is 4.79 Å². The molecule has 0 heterocycles. The quantitative estimate of drug-likeness (QED) is 0.869. The molecule has 0 aliphatic heterocycles. The van der Waals surface area contributed by atoms with Crippen LogP contribution in [0.15, 0.2) is 48.5 Å². The van der Waals surface area contributed by atoms with Crippen molar-refractivity contribution in [2.75, 3.05) is 24.3 Å². The van der Waals surface area contributed by atoms with Gasteiger partial charge in [0.1, 0.15) is 5.75 Å². The zero-order chi connectivity index (χ0) is 14.5. The summed E-state index contributed by atoms with van der Waals surface area (Å²) in [5.74, 6) is 0.594. The van der Waals surface area contributed by atoms with E-state index in [0.29, 0.717) is 23.5 Å². The molecule has 0 bridgehead atoms. The number of anilines is 2. The number of carbonyl (C=O) groups excluding carboxylic acids is 1. The minimum absolute atomic E-state index is 0.0722. The SMILES string of the molecule is CCN(C(=O)c1cccc(OC)c1)c1cccc(N)c1. The van der Waals surface area contributed by atoms with Crippen molar-refractivity contribution >= 4 is 17.3 Å². The van der Waals surface area contributed by atoms with Crippen molar-refractivity contribution in [2.24, 2.45) is 0 Å². The number of hydrogen-bond acceptors (Lipinski definition) is 3. The van der Waals surface area contributed by atoms with E-state index in [1.807, 2.05) is 25.1 Å². The number of nitrogen functional groups attached to an aromatic ring is 1. The largest absolute Gasteiger partial charge is 0.497 e. The minimum atomic E-state index is -0.0722. The number of benzene rings is 2. The standard InChI is InChI=1S/C16H18N2O2/c1-3-18(14-8-5-7-13(17)11-14)16(19)12-6-4-9-15(10-12)20-2/h4-11H,3,17H2,1-2H3. The van der Waals surface area contributed by atoms with E-state index in [0.717, 1.165) is 5.69 Å². The third kappa shape index (κ3) is 2.91. The predicted molar refractivity (Wildman–Crippen MR) is 81.2 cm³/mol. The van der Waals surface area contributed by atoms with E-state index in [1.54, 1.807) is 42.3 Å². The predicted octanol–water partition coefficient (Wildman–Crippen LogP) is 2.94. The summed E-state index contributed by atoms with van der Waals surface area (Å²) in [6, 6.07) is 14.4. The molecule has 0 aliphatic carbocycles. The number of hydrogen-bond donors (Lipinski definition) is 1. The highest BCUT2D eigenvalue weighted by Gasteiger charge is 2.16. The molecule has 0 radical (unpaired) electrons. The molecule has 0 saturated carbocycles. The Kier molecular flexibility index (Phi) is 4.25. The Balaban J connectivity index is 2.33. The van der Waals surface area contributed by atoms with Crippen LogP contribution in [0.1, 0.15) is 17.3 Å². The molecule has 2 rings (SSSR count). The third-order valence-corrected chi connectivity index (χ3v) is 3.06. The normalized spacial score (nSPS) is 10.1. The van der Waals surface area contributed by atoms with E-state index in [-0.39, 0.29) is 5.91 Å². The van der Waals surface area contributed by atoms with Gasteiger partial charge in [0.25, 0.3) is 5.91 Å². The van der Waals surface area contributed by atoms with Crippen LogP contribution in [0, 0.1) is 0 Å². The topological polar surface area (TPSA) is 55.6 Å². The Bertz CT molecular complexity index is 611. The van der Waals surface area contributed by atoms with Crippen molar-refractivity contribution in [3.8, 4) is 5.75 Å². The fraction of sp³-hybridized carbons (Fsp3) is 0.188. The summed E-state index contributed by atoms with van der Waals surface area (Å²) in [6.45, 7) is 2.50. The van der Waals surface area contributed by atoms with E-state index >= 15 is 0 Å². The van der Waals surface area contributed by atoms with E-state index < -0.39 is 0 Å². The zero-order valence-electron chi connectivity index (χ0n) is 11.7. The Morgan fingerprint density at radius 1 is 1.20 bits per heavy atom. The fourth-order valence-electron chi connectivity index (χ4n) is 2.05. The lowest BCUT2D eigenvalue weighted by molar-refractivity contribution is 0.0988. The lowest BCUT2D eigenvalue weighted by atomic mass is 10.1. The molecular formula is C16H18N2O2. The van der Waals surface area contributed by atoms with Crippen molar-refractivity contribution in [2.45, 2.75) is 6.92 Å². The summed E-state index contributed by atoms with van der Waals surface area (Å²) in [7, 11) is 1.58. The maximum atomic E-state index is 12.6. The second-order valence-electron chi connectivity index (χ2n) is 4.38. The molecule has 0 saturated heterocycles. The van der Waals surface area contributed by atoms with Gasteiger partial charge in [-0.1, -0.05) is 12.1 Å². The number of nitrogens with two attached hydrogens (primary N) is 1. The zero-order valence-corrected chi connectivity index (χ0v) is 11.7. The van der Waals surface area contributed by atoms with Crippen LogP contribution >= 0.6 is 0 Å². The Labute approximate surface area is 118 Å². The third-order valence-electron chi connectivity index (χ3n) is 3.06. The first-order valence-electron chi connectivity index (χ1n) is 6.47. The molecular weight excluding hydrogens is 252 g/mol. The van der Waals surface area contributed by atoms with Gasteiger partial charge in [0, 0.05) is 23.5 Å². The second kappa shape index (κ2) is 6.10. The number of ether oxygens (including phenoxy) is 1. The van der Waals surface area contributed by atoms with Gasteiger partial charge in [-0.3, -0.25) is 4.79 Å². The molecule has 1 amide bonds. The summed E-state index contributed by atoms with van der Waals surface area (Å²) in [5, 5.41) is 0. The van der Waals surface area contributed by atoms with Gasteiger partial charge in [-0.05, 0) is 43.3 Å². The van der Waals surface area contributed by atoms with Gasteiger partial charge < -0.3 is 15.4 Å². The van der Waals surface area contributed by atoms with Crippen LogP contribution in [-0.4, -0.2) is 19.6 Å². The molecule has 4 nitrogen and oxygen atoms in total. The molecule has 0 aromatic heterocycles. The van der Waals surface area contributed by atoms with Crippen molar-refractivity contribution in [3.63, 3.8) is 0 Å². The molecule has 104 valence electrons. The number of rotatable bonds is 4. The molecule has 0 unspecified atom stereocenters. The average Bonchev–Trinajstić information content (AvgIpc) is 2.48. The van der Waals surface area contributed by atoms with E-state index in [1.165, 1.54) is 0 Å². The van der Waals surface area contributed by atoms with Gasteiger partial charge in [0.15, 0.2) is 0 Å². The first kappa shape index (κ1) is 13.9. The van der Waals surface area contributed by atoms with Gasteiger partial charge in [-0.15, -0.1) is 0 Å². The minimum Gasteiger partial charge on any atom is -0.497 e. The van der Waals surface area contributed by atoms with Crippen molar-refractivity contribution in [1.29, 1.82) is 0 Å². The second-order valence-corrected chi connectivity index (χ2v) is 4.38.